The Morgan fingerprint density at radius 2 is 1.88 bits per heavy atom. The Hall–Kier alpha value is -3.06. The summed E-state index contributed by atoms with van der Waals surface area (Å²) in [7, 11) is 3.12. The molecule has 1 aliphatic rings. The van der Waals surface area contributed by atoms with Crippen LogP contribution < -0.4 is 14.8 Å². The summed E-state index contributed by atoms with van der Waals surface area (Å²) in [4.78, 5) is 28.7. The van der Waals surface area contributed by atoms with Gasteiger partial charge in [0, 0.05) is 11.1 Å². The number of carbonyl (C=O) groups is 2. The number of amidine groups is 1. The average molecular weight is 368 g/mol. The lowest BCUT2D eigenvalue weighted by Gasteiger charge is -2.07. The molecule has 1 fully saturated rings. The van der Waals surface area contributed by atoms with E-state index in [9.17, 15) is 9.59 Å². The van der Waals surface area contributed by atoms with E-state index in [0.717, 1.165) is 11.8 Å². The molecule has 0 bridgehead atoms. The number of carbonyl (C=O) groups excluding carboxylic acids is 2. The highest BCUT2D eigenvalue weighted by molar-refractivity contribution is 8.18. The maximum absolute atomic E-state index is 12.2. The molecule has 0 spiro atoms. The van der Waals surface area contributed by atoms with Crippen LogP contribution in [-0.2, 0) is 4.79 Å². The van der Waals surface area contributed by atoms with E-state index >= 15 is 0 Å². The fourth-order valence-electron chi connectivity index (χ4n) is 2.31. The molecule has 1 aliphatic heterocycles. The highest BCUT2D eigenvalue weighted by atomic mass is 32.2. The number of hydrogen-bond acceptors (Lipinski definition) is 5. The number of rotatable bonds is 4. The Labute approximate surface area is 154 Å². The van der Waals surface area contributed by atoms with Gasteiger partial charge in [0.2, 0.25) is 0 Å². The molecule has 26 heavy (non-hydrogen) atoms. The first-order chi connectivity index (χ1) is 12.6. The standard InChI is InChI=1S/C19H16N2O4S/c1-24-14-8-9-15(25-2)13(10-14)11-16-18(23)21-19(26-16)20-17(22)12-6-4-3-5-7-12/h3-11H,1-2H3,(H,20,21,22,23)/b16-11-. The number of hydrogen-bond donors (Lipinski definition) is 1. The zero-order valence-corrected chi connectivity index (χ0v) is 15.0. The van der Waals surface area contributed by atoms with Gasteiger partial charge < -0.3 is 14.8 Å². The van der Waals surface area contributed by atoms with Crippen LogP contribution in [0.4, 0.5) is 0 Å². The Kier molecular flexibility index (Phi) is 5.38. The molecule has 1 N–H and O–H groups in total. The van der Waals surface area contributed by atoms with Crippen LogP contribution >= 0.6 is 11.8 Å². The maximum Gasteiger partial charge on any atom is 0.279 e. The van der Waals surface area contributed by atoms with Crippen LogP contribution in [0.25, 0.3) is 6.08 Å². The summed E-state index contributed by atoms with van der Waals surface area (Å²) in [5.74, 6) is 0.528. The second-order valence-electron chi connectivity index (χ2n) is 5.26. The summed E-state index contributed by atoms with van der Waals surface area (Å²) < 4.78 is 10.5. The molecule has 2 aromatic rings. The number of ether oxygens (including phenoxy) is 2. The van der Waals surface area contributed by atoms with E-state index in [1.807, 2.05) is 6.07 Å². The topological polar surface area (TPSA) is 77.0 Å². The highest BCUT2D eigenvalue weighted by Crippen LogP contribution is 2.31. The molecule has 7 heteroatoms. The van der Waals surface area contributed by atoms with Crippen LogP contribution in [0.3, 0.4) is 0 Å². The Morgan fingerprint density at radius 3 is 2.58 bits per heavy atom. The van der Waals surface area contributed by atoms with Crippen LogP contribution in [0.15, 0.2) is 58.4 Å². The fraction of sp³-hybridized carbons (Fsp3) is 0.105. The first-order valence-electron chi connectivity index (χ1n) is 7.71. The zero-order chi connectivity index (χ0) is 18.5. The number of benzene rings is 2. The molecule has 6 nitrogen and oxygen atoms in total. The minimum absolute atomic E-state index is 0.247. The van der Waals surface area contributed by atoms with Crippen LogP contribution in [-0.4, -0.2) is 31.2 Å². The van der Waals surface area contributed by atoms with Crippen LogP contribution in [0, 0.1) is 0 Å². The third-order valence-corrected chi connectivity index (χ3v) is 4.51. The van der Waals surface area contributed by atoms with Crippen LogP contribution in [0.5, 0.6) is 11.5 Å². The normalized spacial score (nSPS) is 16.6. The second-order valence-corrected chi connectivity index (χ2v) is 6.29. The summed E-state index contributed by atoms with van der Waals surface area (Å²) in [6, 6.07) is 14.0. The Balaban J connectivity index is 1.85. The van der Waals surface area contributed by atoms with Gasteiger partial charge in [-0.3, -0.25) is 9.59 Å². The van der Waals surface area contributed by atoms with Gasteiger partial charge in [-0.1, -0.05) is 18.2 Å². The van der Waals surface area contributed by atoms with Gasteiger partial charge in [-0.15, -0.1) is 0 Å². The number of nitrogens with one attached hydrogen (secondary N) is 1. The smallest absolute Gasteiger partial charge is 0.279 e. The van der Waals surface area contributed by atoms with Crippen molar-refractivity contribution in [3.05, 3.63) is 64.6 Å². The van der Waals surface area contributed by atoms with Crippen molar-refractivity contribution in [3.8, 4) is 11.5 Å². The van der Waals surface area contributed by atoms with Gasteiger partial charge in [-0.2, -0.15) is 4.99 Å². The molecule has 0 saturated carbocycles. The van der Waals surface area contributed by atoms with E-state index in [1.54, 1.807) is 62.8 Å². The van der Waals surface area contributed by atoms with E-state index in [4.69, 9.17) is 9.47 Å². The van der Waals surface area contributed by atoms with Crippen molar-refractivity contribution in [1.82, 2.24) is 5.32 Å². The number of amides is 2. The van der Waals surface area contributed by atoms with Crippen molar-refractivity contribution in [2.24, 2.45) is 4.99 Å². The predicted molar refractivity (Wildman–Crippen MR) is 101 cm³/mol. The van der Waals surface area contributed by atoms with E-state index in [0.29, 0.717) is 27.5 Å². The van der Waals surface area contributed by atoms with Crippen molar-refractivity contribution in [2.45, 2.75) is 0 Å². The highest BCUT2D eigenvalue weighted by Gasteiger charge is 2.25. The molecular formula is C19H16N2O4S. The second kappa shape index (κ2) is 7.88. The third kappa shape index (κ3) is 3.94. The largest absolute Gasteiger partial charge is 0.497 e. The van der Waals surface area contributed by atoms with Gasteiger partial charge in [0.15, 0.2) is 5.17 Å². The summed E-state index contributed by atoms with van der Waals surface area (Å²) in [6.45, 7) is 0. The molecule has 2 aromatic carbocycles. The van der Waals surface area contributed by atoms with Crippen molar-refractivity contribution < 1.29 is 19.1 Å². The molecular weight excluding hydrogens is 352 g/mol. The van der Waals surface area contributed by atoms with E-state index in [2.05, 4.69) is 10.3 Å². The van der Waals surface area contributed by atoms with Gasteiger partial charge in [0.05, 0.1) is 19.1 Å². The SMILES string of the molecule is COc1ccc(OC)c(/C=C2\SC(=NC(=O)c3ccccc3)NC2=O)c1. The van der Waals surface area contributed by atoms with Gasteiger partial charge >= 0.3 is 0 Å². The quantitative estimate of drug-likeness (QED) is 0.839. The maximum atomic E-state index is 12.2. The average Bonchev–Trinajstić information content (AvgIpc) is 3.01. The fourth-order valence-corrected chi connectivity index (χ4v) is 3.12. The van der Waals surface area contributed by atoms with Gasteiger partial charge in [-0.05, 0) is 48.2 Å². The molecule has 1 saturated heterocycles. The van der Waals surface area contributed by atoms with Crippen molar-refractivity contribution in [1.29, 1.82) is 0 Å². The molecule has 3 rings (SSSR count). The number of thioether (sulfide) groups is 1. The van der Waals surface area contributed by atoms with E-state index < -0.39 is 5.91 Å². The molecule has 132 valence electrons. The lowest BCUT2D eigenvalue weighted by atomic mass is 10.1. The monoisotopic (exact) mass is 368 g/mol. The van der Waals surface area contributed by atoms with Crippen molar-refractivity contribution in [2.75, 3.05) is 14.2 Å². The first kappa shape index (κ1) is 17.8. The molecule has 0 aliphatic carbocycles. The van der Waals surface area contributed by atoms with E-state index in [1.165, 1.54) is 0 Å². The summed E-state index contributed by atoms with van der Waals surface area (Å²) in [5.41, 5.74) is 1.15. The summed E-state index contributed by atoms with van der Waals surface area (Å²) >= 11 is 1.10. The molecule has 0 atom stereocenters. The summed E-state index contributed by atoms with van der Waals surface area (Å²) in [6.07, 6.45) is 1.68. The summed E-state index contributed by atoms with van der Waals surface area (Å²) in [5, 5.41) is 2.85. The molecule has 2 amide bonds. The van der Waals surface area contributed by atoms with E-state index in [-0.39, 0.29) is 11.1 Å². The molecule has 0 radical (unpaired) electrons. The Morgan fingerprint density at radius 1 is 1.12 bits per heavy atom. The van der Waals surface area contributed by atoms with Gasteiger partial charge in [0.1, 0.15) is 11.5 Å². The minimum atomic E-state index is -0.409. The number of aliphatic imine (C=N–C) groups is 1. The van der Waals surface area contributed by atoms with Gasteiger partial charge in [0.25, 0.3) is 11.8 Å². The Bertz CT molecular complexity index is 907. The third-order valence-electron chi connectivity index (χ3n) is 3.60. The van der Waals surface area contributed by atoms with Crippen LogP contribution in [0.2, 0.25) is 0 Å². The number of methoxy groups -OCH3 is 2. The van der Waals surface area contributed by atoms with Gasteiger partial charge in [-0.25, -0.2) is 0 Å². The predicted octanol–water partition coefficient (Wildman–Crippen LogP) is 3.10. The lowest BCUT2D eigenvalue weighted by molar-refractivity contribution is -0.115. The molecule has 1 heterocycles. The molecule has 0 unspecified atom stereocenters. The van der Waals surface area contributed by atoms with Crippen LogP contribution in [0.1, 0.15) is 15.9 Å². The number of nitrogens with zero attached hydrogens (tertiary/aromatic N) is 1. The minimum Gasteiger partial charge on any atom is -0.497 e. The zero-order valence-electron chi connectivity index (χ0n) is 14.2. The van der Waals surface area contributed by atoms with Crippen molar-refractivity contribution in [3.63, 3.8) is 0 Å². The van der Waals surface area contributed by atoms with Crippen molar-refractivity contribution >= 4 is 34.8 Å². The first-order valence-corrected chi connectivity index (χ1v) is 8.53. The molecule has 0 aromatic heterocycles. The lowest BCUT2D eigenvalue weighted by Crippen LogP contribution is -2.20.